The number of amides is 3. The average molecular weight is 400 g/mol. The first-order valence-corrected chi connectivity index (χ1v) is 9.93. The van der Waals surface area contributed by atoms with Crippen molar-refractivity contribution in [2.45, 2.75) is 40.7 Å². The molecule has 0 fully saturated rings. The molecule has 1 aliphatic heterocycles. The zero-order valence-electron chi connectivity index (χ0n) is 17.6. The number of carbonyl (C=O) groups is 2. The number of rotatable bonds is 5. The first-order valence-electron chi connectivity index (χ1n) is 9.93. The van der Waals surface area contributed by atoms with Crippen LogP contribution in [0.3, 0.4) is 0 Å². The minimum Gasteiger partial charge on any atom is -0.303 e. The summed E-state index contributed by atoms with van der Waals surface area (Å²) in [5.74, 6) is 0.521. The molecular weight excluding hydrogens is 376 g/mol. The van der Waals surface area contributed by atoms with E-state index in [0.29, 0.717) is 6.42 Å². The second-order valence-corrected chi connectivity index (χ2v) is 7.82. The highest BCUT2D eigenvalue weighted by molar-refractivity contribution is 6.46. The van der Waals surface area contributed by atoms with Gasteiger partial charge in [0.25, 0.3) is 5.91 Å². The lowest BCUT2D eigenvalue weighted by molar-refractivity contribution is -0.121. The van der Waals surface area contributed by atoms with E-state index in [4.69, 9.17) is 0 Å². The summed E-state index contributed by atoms with van der Waals surface area (Å²) >= 11 is 0. The molecule has 152 valence electrons. The van der Waals surface area contributed by atoms with Crippen molar-refractivity contribution in [3.63, 3.8) is 0 Å². The number of urea groups is 1. The summed E-state index contributed by atoms with van der Waals surface area (Å²) in [6.45, 7) is 8.25. The van der Waals surface area contributed by atoms with Gasteiger partial charge in [-0.05, 0) is 62.6 Å². The summed E-state index contributed by atoms with van der Waals surface area (Å²) in [5.41, 5.74) is 6.39. The first kappa shape index (κ1) is 19.8. The Balaban J connectivity index is 1.56. The van der Waals surface area contributed by atoms with Crippen molar-refractivity contribution in [1.29, 1.82) is 0 Å². The van der Waals surface area contributed by atoms with Crippen molar-refractivity contribution in [3.05, 3.63) is 82.3 Å². The standard InChI is InChI=1S/C24H24N4O2/c1-15-6-5-7-19(10-15)14-27-23(29)21(26-24(27)30)13-20-12-17(3)28(18(20)4)22-11-16(2)8-9-25-22/h5-12H,13-14H2,1-4H3. The quantitative estimate of drug-likeness (QED) is 0.643. The third-order valence-corrected chi connectivity index (χ3v) is 5.40. The van der Waals surface area contributed by atoms with Gasteiger partial charge in [-0.3, -0.25) is 9.69 Å². The molecule has 0 saturated heterocycles. The van der Waals surface area contributed by atoms with Gasteiger partial charge in [-0.1, -0.05) is 29.8 Å². The number of imide groups is 1. The summed E-state index contributed by atoms with van der Waals surface area (Å²) in [5, 5.41) is 0. The van der Waals surface area contributed by atoms with Gasteiger partial charge in [0.15, 0.2) is 0 Å². The van der Waals surface area contributed by atoms with E-state index in [0.717, 1.165) is 39.5 Å². The fourth-order valence-electron chi connectivity index (χ4n) is 3.90. The van der Waals surface area contributed by atoms with Crippen molar-refractivity contribution in [2.24, 2.45) is 4.99 Å². The fourth-order valence-corrected chi connectivity index (χ4v) is 3.90. The summed E-state index contributed by atoms with van der Waals surface area (Å²) in [4.78, 5) is 35.0. The second kappa shape index (κ2) is 7.71. The molecule has 0 bridgehead atoms. The van der Waals surface area contributed by atoms with Crippen LogP contribution in [0.4, 0.5) is 4.79 Å². The Kier molecular flexibility index (Phi) is 5.08. The zero-order chi connectivity index (χ0) is 21.4. The second-order valence-electron chi connectivity index (χ2n) is 7.82. The maximum atomic E-state index is 12.9. The number of aromatic nitrogens is 2. The van der Waals surface area contributed by atoms with Crippen LogP contribution < -0.4 is 0 Å². The lowest BCUT2D eigenvalue weighted by Crippen LogP contribution is -2.32. The van der Waals surface area contributed by atoms with Gasteiger partial charge in [0.2, 0.25) is 0 Å². The normalized spacial score (nSPS) is 13.9. The van der Waals surface area contributed by atoms with Gasteiger partial charge < -0.3 is 4.57 Å². The van der Waals surface area contributed by atoms with Gasteiger partial charge in [-0.2, -0.15) is 4.99 Å². The van der Waals surface area contributed by atoms with Gasteiger partial charge in [0, 0.05) is 24.0 Å². The Morgan fingerprint density at radius 3 is 2.43 bits per heavy atom. The SMILES string of the molecule is Cc1cccc(CN2C(=O)N=C(Cc3cc(C)n(-c4cc(C)ccn4)c3C)C2=O)c1. The number of aryl methyl sites for hydroxylation is 3. The zero-order valence-corrected chi connectivity index (χ0v) is 17.6. The number of hydrogen-bond acceptors (Lipinski definition) is 3. The molecule has 3 amide bonds. The van der Waals surface area contributed by atoms with E-state index in [1.165, 1.54) is 4.90 Å². The highest BCUT2D eigenvalue weighted by Gasteiger charge is 2.33. The Morgan fingerprint density at radius 2 is 1.70 bits per heavy atom. The van der Waals surface area contributed by atoms with Crippen molar-refractivity contribution in [2.75, 3.05) is 0 Å². The van der Waals surface area contributed by atoms with Crippen LogP contribution in [-0.2, 0) is 17.8 Å². The first-order chi connectivity index (χ1) is 14.3. The van der Waals surface area contributed by atoms with Crippen molar-refractivity contribution < 1.29 is 9.59 Å². The van der Waals surface area contributed by atoms with E-state index in [-0.39, 0.29) is 18.2 Å². The van der Waals surface area contributed by atoms with Gasteiger partial charge in [-0.25, -0.2) is 9.78 Å². The summed E-state index contributed by atoms with van der Waals surface area (Å²) < 4.78 is 2.06. The molecule has 3 aromatic rings. The number of carbonyl (C=O) groups excluding carboxylic acids is 2. The molecule has 30 heavy (non-hydrogen) atoms. The van der Waals surface area contributed by atoms with Crippen LogP contribution in [0.15, 0.2) is 53.7 Å². The van der Waals surface area contributed by atoms with Gasteiger partial charge in [0.05, 0.1) is 6.54 Å². The number of hydrogen-bond donors (Lipinski definition) is 0. The predicted molar refractivity (Wildman–Crippen MR) is 116 cm³/mol. The Labute approximate surface area is 175 Å². The number of pyridine rings is 1. The van der Waals surface area contributed by atoms with E-state index >= 15 is 0 Å². The van der Waals surface area contributed by atoms with Crippen molar-refractivity contribution >= 4 is 17.6 Å². The van der Waals surface area contributed by atoms with Crippen LogP contribution in [0.1, 0.15) is 33.6 Å². The molecule has 0 saturated carbocycles. The minimum absolute atomic E-state index is 0.235. The molecule has 1 aromatic carbocycles. The molecule has 2 aromatic heterocycles. The van der Waals surface area contributed by atoms with E-state index in [2.05, 4.69) is 14.5 Å². The van der Waals surface area contributed by atoms with Crippen LogP contribution in [-0.4, -0.2) is 32.1 Å². The third kappa shape index (κ3) is 3.68. The van der Waals surface area contributed by atoms with Crippen molar-refractivity contribution in [3.8, 4) is 5.82 Å². The van der Waals surface area contributed by atoms with Gasteiger partial charge >= 0.3 is 6.03 Å². The lowest BCUT2D eigenvalue weighted by Gasteiger charge is -2.13. The molecule has 0 spiro atoms. The molecule has 0 radical (unpaired) electrons. The monoisotopic (exact) mass is 400 g/mol. The van der Waals surface area contributed by atoms with E-state index in [9.17, 15) is 9.59 Å². The molecule has 6 heteroatoms. The fraction of sp³-hybridized carbons (Fsp3) is 0.250. The Morgan fingerprint density at radius 1 is 0.933 bits per heavy atom. The molecule has 0 aliphatic carbocycles. The number of nitrogens with zero attached hydrogens (tertiary/aromatic N) is 4. The largest absolute Gasteiger partial charge is 0.351 e. The third-order valence-electron chi connectivity index (χ3n) is 5.40. The summed E-state index contributed by atoms with van der Waals surface area (Å²) in [6, 6.07) is 13.3. The van der Waals surface area contributed by atoms with Crippen LogP contribution in [0.25, 0.3) is 5.82 Å². The Bertz CT molecular complexity index is 1190. The maximum absolute atomic E-state index is 12.9. The molecule has 3 heterocycles. The molecule has 0 N–H and O–H groups in total. The highest BCUT2D eigenvalue weighted by Crippen LogP contribution is 2.23. The van der Waals surface area contributed by atoms with Crippen LogP contribution >= 0.6 is 0 Å². The van der Waals surface area contributed by atoms with Gasteiger partial charge in [-0.15, -0.1) is 0 Å². The highest BCUT2D eigenvalue weighted by atomic mass is 16.2. The van der Waals surface area contributed by atoms with Crippen LogP contribution in [0.5, 0.6) is 0 Å². The van der Waals surface area contributed by atoms with E-state index < -0.39 is 6.03 Å². The molecule has 0 atom stereocenters. The van der Waals surface area contributed by atoms with Crippen molar-refractivity contribution in [1.82, 2.24) is 14.5 Å². The smallest absolute Gasteiger partial charge is 0.303 e. The molecule has 4 rings (SSSR count). The minimum atomic E-state index is -0.495. The molecule has 1 aliphatic rings. The van der Waals surface area contributed by atoms with E-state index in [1.807, 2.05) is 70.2 Å². The maximum Gasteiger partial charge on any atom is 0.351 e. The van der Waals surface area contributed by atoms with E-state index in [1.54, 1.807) is 6.20 Å². The molecule has 0 unspecified atom stereocenters. The van der Waals surface area contributed by atoms with Gasteiger partial charge in [0.1, 0.15) is 11.5 Å². The predicted octanol–water partition coefficient (Wildman–Crippen LogP) is 4.25. The van der Waals surface area contributed by atoms with Crippen LogP contribution in [0, 0.1) is 27.7 Å². The number of aliphatic imine (C=N–C) groups is 1. The lowest BCUT2D eigenvalue weighted by atomic mass is 10.1. The molecular formula is C24H24N4O2. The topological polar surface area (TPSA) is 67.6 Å². The Hall–Kier alpha value is -3.54. The number of benzene rings is 1. The molecule has 6 nitrogen and oxygen atoms in total. The summed E-state index contributed by atoms with van der Waals surface area (Å²) in [6.07, 6.45) is 2.11. The summed E-state index contributed by atoms with van der Waals surface area (Å²) in [7, 11) is 0. The average Bonchev–Trinajstić information content (AvgIpc) is 3.11. The van der Waals surface area contributed by atoms with Crippen LogP contribution in [0.2, 0.25) is 0 Å².